The molecule has 0 bridgehead atoms. The van der Waals surface area contributed by atoms with Crippen molar-refractivity contribution in [1.82, 2.24) is 0 Å². The maximum Gasteiger partial charge on any atom is 0.302 e. The van der Waals surface area contributed by atoms with E-state index in [0.717, 1.165) is 0 Å². The van der Waals surface area contributed by atoms with E-state index in [1.807, 2.05) is 13.8 Å². The largest absolute Gasteiger partial charge is 0.466 e. The molecule has 32 heavy (non-hydrogen) atoms. The first kappa shape index (κ1) is 25.1. The van der Waals surface area contributed by atoms with E-state index in [-0.39, 0.29) is 19.0 Å². The minimum absolute atomic E-state index is 0.0615. The molecule has 8 nitrogen and oxygen atoms in total. The van der Waals surface area contributed by atoms with Gasteiger partial charge in [-0.05, 0) is 25.0 Å². The fourth-order valence-electron chi connectivity index (χ4n) is 6.65. The van der Waals surface area contributed by atoms with E-state index in [1.165, 1.54) is 6.92 Å². The molecule has 180 valence electrons. The zero-order valence-corrected chi connectivity index (χ0v) is 19.6. The summed E-state index contributed by atoms with van der Waals surface area (Å²) in [6.45, 7) is 10.3. The number of esters is 1. The average Bonchev–Trinajstić information content (AvgIpc) is 3.11. The van der Waals surface area contributed by atoms with Gasteiger partial charge in [-0.1, -0.05) is 32.9 Å². The van der Waals surface area contributed by atoms with Gasteiger partial charge < -0.3 is 30.3 Å². The van der Waals surface area contributed by atoms with Gasteiger partial charge >= 0.3 is 5.97 Å². The van der Waals surface area contributed by atoms with E-state index < -0.39 is 57.8 Å². The highest BCUT2D eigenvalue weighted by Crippen LogP contribution is 2.74. The Bertz CT molecular complexity index is 875. The highest BCUT2D eigenvalue weighted by molar-refractivity contribution is 6.04. The third kappa shape index (κ3) is 3.07. The summed E-state index contributed by atoms with van der Waals surface area (Å²) in [6, 6.07) is 0. The van der Waals surface area contributed by atoms with Crippen molar-refractivity contribution in [3.63, 3.8) is 0 Å². The fraction of sp³-hybridized carbons (Fsp3) is 0.750. The molecule has 5 N–H and O–H groups in total. The smallest absolute Gasteiger partial charge is 0.302 e. The van der Waals surface area contributed by atoms with Crippen molar-refractivity contribution < 1.29 is 39.9 Å². The number of aliphatic hydroxyl groups excluding tert-OH is 2. The summed E-state index contributed by atoms with van der Waals surface area (Å²) in [5.41, 5.74) is -4.57. The Morgan fingerprint density at radius 1 is 1.22 bits per heavy atom. The summed E-state index contributed by atoms with van der Waals surface area (Å²) in [5.74, 6) is -3.35. The Morgan fingerprint density at radius 3 is 2.28 bits per heavy atom. The molecular formula is C24H36O8. The highest BCUT2D eigenvalue weighted by atomic mass is 16.5. The number of hydrogen-bond donors (Lipinski definition) is 5. The molecule has 0 aromatic heterocycles. The highest BCUT2D eigenvalue weighted by Gasteiger charge is 2.84. The molecule has 0 amide bonds. The van der Waals surface area contributed by atoms with Crippen molar-refractivity contribution >= 4 is 11.8 Å². The van der Waals surface area contributed by atoms with Crippen LogP contribution in [0.1, 0.15) is 48.0 Å². The molecule has 0 aromatic rings. The van der Waals surface area contributed by atoms with Crippen molar-refractivity contribution in [1.29, 1.82) is 0 Å². The number of aliphatic hydroxyl groups is 5. The molecule has 0 heterocycles. The van der Waals surface area contributed by atoms with Crippen LogP contribution in [0.2, 0.25) is 0 Å². The van der Waals surface area contributed by atoms with Crippen molar-refractivity contribution in [2.45, 2.75) is 70.9 Å². The van der Waals surface area contributed by atoms with E-state index in [0.29, 0.717) is 17.8 Å². The van der Waals surface area contributed by atoms with Crippen molar-refractivity contribution in [3.8, 4) is 0 Å². The van der Waals surface area contributed by atoms with Crippen LogP contribution in [0, 0.1) is 29.1 Å². The number of rotatable bonds is 2. The van der Waals surface area contributed by atoms with Crippen LogP contribution < -0.4 is 0 Å². The van der Waals surface area contributed by atoms with Gasteiger partial charge in [0.15, 0.2) is 5.78 Å². The maximum atomic E-state index is 12.7. The Labute approximate surface area is 188 Å². The topological polar surface area (TPSA) is 145 Å². The third-order valence-corrected chi connectivity index (χ3v) is 8.39. The Morgan fingerprint density at radius 2 is 1.81 bits per heavy atom. The van der Waals surface area contributed by atoms with Gasteiger partial charge in [-0.3, -0.25) is 9.59 Å². The van der Waals surface area contributed by atoms with Gasteiger partial charge in [0.1, 0.15) is 11.2 Å². The van der Waals surface area contributed by atoms with Gasteiger partial charge in [-0.15, -0.1) is 0 Å². The first-order valence-electron chi connectivity index (χ1n) is 11.2. The van der Waals surface area contributed by atoms with Crippen LogP contribution >= 0.6 is 0 Å². The van der Waals surface area contributed by atoms with Gasteiger partial charge in [0.25, 0.3) is 0 Å². The Hall–Kier alpha value is -1.58. The standard InChI is InChI=1S/C20H28O6.C4H8O2/c1-9-5-13-18(24,15(9)22)7-11(8-21)6-12-14-17(3,4)20(14,26)16(23)10(2)19(12,13)25;1-3-6-4(2)5/h5-6,10,12-14,16,21,23-26H,7-8H2,1-4H3;3H2,1-2H3/t10-,12+,13-,14-,16-,18-,19-,20-;/m1./s1. The van der Waals surface area contributed by atoms with Crippen LogP contribution in [0.15, 0.2) is 23.3 Å². The van der Waals surface area contributed by atoms with Gasteiger partial charge in [0, 0.05) is 42.4 Å². The van der Waals surface area contributed by atoms with E-state index in [9.17, 15) is 35.1 Å². The molecule has 4 aliphatic carbocycles. The molecule has 0 saturated heterocycles. The summed E-state index contributed by atoms with van der Waals surface area (Å²) in [4.78, 5) is 22.5. The second-order valence-electron chi connectivity index (χ2n) is 10.3. The number of Topliss-reactive ketones (excluding diaryl/α,β-unsaturated/α-hetero) is 1. The lowest BCUT2D eigenvalue weighted by Crippen LogP contribution is -2.65. The predicted molar refractivity (Wildman–Crippen MR) is 115 cm³/mol. The van der Waals surface area contributed by atoms with E-state index >= 15 is 0 Å². The molecule has 0 radical (unpaired) electrons. The number of ether oxygens (including phenoxy) is 1. The maximum absolute atomic E-state index is 12.7. The second kappa shape index (κ2) is 7.74. The van der Waals surface area contributed by atoms with Crippen LogP contribution in [-0.4, -0.2) is 73.4 Å². The normalized spacial score (nSPS) is 45.7. The SMILES string of the molecule is CC1=C[C@H]2[C@@]3(O)[C@H](C)[C@@H](O)[C@]4(O)[C@H]([C@@H]3C=C(CO)C[C@]2(O)C1=O)C4(C)C.CCOC(C)=O. The second-order valence-corrected chi connectivity index (χ2v) is 10.3. The third-order valence-electron chi connectivity index (χ3n) is 8.39. The molecule has 0 aromatic carbocycles. The van der Waals surface area contributed by atoms with Gasteiger partial charge in [-0.2, -0.15) is 0 Å². The predicted octanol–water partition coefficient (Wildman–Crippen LogP) is 0.499. The van der Waals surface area contributed by atoms with Crippen LogP contribution in [0.25, 0.3) is 0 Å². The van der Waals surface area contributed by atoms with E-state index in [2.05, 4.69) is 4.74 Å². The van der Waals surface area contributed by atoms with Gasteiger partial charge in [-0.25, -0.2) is 0 Å². The molecule has 8 atom stereocenters. The molecule has 0 aliphatic heterocycles. The van der Waals surface area contributed by atoms with E-state index in [1.54, 1.807) is 32.9 Å². The molecule has 8 heteroatoms. The molecule has 4 rings (SSSR count). The monoisotopic (exact) mass is 452 g/mol. The molecule has 2 fully saturated rings. The first-order valence-corrected chi connectivity index (χ1v) is 11.2. The zero-order valence-electron chi connectivity index (χ0n) is 19.6. The summed E-state index contributed by atoms with van der Waals surface area (Å²) in [6.07, 6.45) is 2.08. The zero-order chi connectivity index (χ0) is 24.4. The number of carbonyl (C=O) groups excluding carboxylic acids is 2. The number of hydrogen-bond acceptors (Lipinski definition) is 8. The summed E-state index contributed by atoms with van der Waals surface area (Å²) < 4.78 is 4.40. The molecule has 2 saturated carbocycles. The van der Waals surface area contributed by atoms with Crippen molar-refractivity contribution in [2.75, 3.05) is 13.2 Å². The minimum Gasteiger partial charge on any atom is -0.466 e. The van der Waals surface area contributed by atoms with Crippen LogP contribution in [0.3, 0.4) is 0 Å². The number of carbonyl (C=O) groups is 2. The first-order chi connectivity index (χ1) is 14.6. The number of fused-ring (bicyclic) bond motifs is 5. The quantitative estimate of drug-likeness (QED) is 0.301. The lowest BCUT2D eigenvalue weighted by Gasteiger charge is -2.51. The van der Waals surface area contributed by atoms with Crippen LogP contribution in [-0.2, 0) is 14.3 Å². The van der Waals surface area contributed by atoms with Crippen LogP contribution in [0.4, 0.5) is 0 Å². The van der Waals surface area contributed by atoms with Crippen molar-refractivity contribution in [3.05, 3.63) is 23.3 Å². The van der Waals surface area contributed by atoms with Crippen LogP contribution in [0.5, 0.6) is 0 Å². The summed E-state index contributed by atoms with van der Waals surface area (Å²) in [7, 11) is 0. The fourth-order valence-corrected chi connectivity index (χ4v) is 6.65. The molecular weight excluding hydrogens is 416 g/mol. The molecule has 0 spiro atoms. The number of ketones is 1. The molecule has 0 unspecified atom stereocenters. The summed E-state index contributed by atoms with van der Waals surface area (Å²) in [5, 5.41) is 54.9. The molecule has 4 aliphatic rings. The Balaban J connectivity index is 0.000000427. The van der Waals surface area contributed by atoms with E-state index in [4.69, 9.17) is 0 Å². The van der Waals surface area contributed by atoms with Gasteiger partial charge in [0.05, 0.1) is 24.9 Å². The lowest BCUT2D eigenvalue weighted by molar-refractivity contribution is -0.209. The van der Waals surface area contributed by atoms with Gasteiger partial charge in [0.2, 0.25) is 0 Å². The summed E-state index contributed by atoms with van der Waals surface area (Å²) >= 11 is 0. The lowest BCUT2D eigenvalue weighted by atomic mass is 9.59. The Kier molecular flexibility index (Phi) is 6.06. The minimum atomic E-state index is -1.84. The average molecular weight is 453 g/mol. The van der Waals surface area contributed by atoms with Crippen molar-refractivity contribution in [2.24, 2.45) is 29.1 Å².